The SMILES string of the molecule is BC(=S)C(C)=CC(=C(C)C)/C(=C(\C)CC)C(\C=C/C(=C\C=C\C)c1ccccc1)C(C)CNC. The van der Waals surface area contributed by atoms with Crippen LogP contribution < -0.4 is 5.32 Å². The van der Waals surface area contributed by atoms with Crippen molar-refractivity contribution in [3.8, 4) is 0 Å². The Bertz CT molecular complexity index is 986. The molecule has 0 aliphatic rings. The quantitative estimate of drug-likeness (QED) is 0.145. The molecule has 1 rings (SSSR count). The van der Waals surface area contributed by atoms with Crippen LogP contribution in [0.25, 0.3) is 5.57 Å². The van der Waals surface area contributed by atoms with Crippen LogP contribution in [-0.4, -0.2) is 26.2 Å². The lowest BCUT2D eigenvalue weighted by Crippen LogP contribution is -2.25. The fourth-order valence-electron chi connectivity index (χ4n) is 4.00. The van der Waals surface area contributed by atoms with Gasteiger partial charge in [-0.05, 0) is 93.2 Å². The van der Waals surface area contributed by atoms with E-state index < -0.39 is 0 Å². The number of hydrogen-bond acceptors (Lipinski definition) is 2. The van der Waals surface area contributed by atoms with E-state index in [1.165, 1.54) is 33.4 Å². The number of thiocarbonyl (C=S) groups is 1. The van der Waals surface area contributed by atoms with Gasteiger partial charge in [0.15, 0.2) is 7.85 Å². The van der Waals surface area contributed by atoms with E-state index in [0.717, 1.165) is 23.3 Å². The van der Waals surface area contributed by atoms with E-state index in [9.17, 15) is 0 Å². The predicted molar refractivity (Wildman–Crippen MR) is 161 cm³/mol. The summed E-state index contributed by atoms with van der Waals surface area (Å²) in [5.41, 5.74) is 9.10. The predicted octanol–water partition coefficient (Wildman–Crippen LogP) is 7.64. The van der Waals surface area contributed by atoms with Crippen molar-refractivity contribution in [3.63, 3.8) is 0 Å². The van der Waals surface area contributed by atoms with E-state index in [1.807, 2.05) is 14.9 Å². The lowest BCUT2D eigenvalue weighted by Gasteiger charge is -2.28. The molecule has 1 aromatic carbocycles. The van der Waals surface area contributed by atoms with Gasteiger partial charge in [0, 0.05) is 5.92 Å². The molecular weight excluding hydrogens is 429 g/mol. The standard InChI is InChI=1S/C31H44BNS/c1-9-11-15-27(26-16-13-12-14-17-26)18-19-28(25(7)21-33-8)30(23(5)10-2)29(22(3)4)20-24(6)31(32)34/h9,11-20,25,28,33H,10,21,32H2,1-8H3/b11-9+,19-18-,24-20?,27-15+,30-23+. The molecule has 0 heterocycles. The maximum Gasteiger partial charge on any atom is 0.154 e. The third-order valence-electron chi connectivity index (χ3n) is 6.27. The molecule has 0 radical (unpaired) electrons. The summed E-state index contributed by atoms with van der Waals surface area (Å²) in [7, 11) is 4.05. The largest absolute Gasteiger partial charge is 0.319 e. The lowest BCUT2D eigenvalue weighted by molar-refractivity contribution is 0.458. The zero-order valence-corrected chi connectivity index (χ0v) is 23.6. The average Bonchev–Trinajstić information content (AvgIpc) is 2.82. The zero-order valence-electron chi connectivity index (χ0n) is 22.8. The molecule has 0 fully saturated rings. The van der Waals surface area contributed by atoms with Gasteiger partial charge in [-0.2, -0.15) is 0 Å². The van der Waals surface area contributed by atoms with Crippen LogP contribution in [0.4, 0.5) is 0 Å². The molecule has 0 bridgehead atoms. The van der Waals surface area contributed by atoms with Gasteiger partial charge in [0.05, 0.1) is 0 Å². The second-order valence-electron chi connectivity index (χ2n) is 9.28. The first kappa shape index (κ1) is 29.8. The van der Waals surface area contributed by atoms with Crippen LogP contribution in [0.2, 0.25) is 0 Å². The minimum Gasteiger partial charge on any atom is -0.319 e. The monoisotopic (exact) mass is 473 g/mol. The van der Waals surface area contributed by atoms with Gasteiger partial charge in [-0.3, -0.25) is 0 Å². The van der Waals surface area contributed by atoms with Crippen LogP contribution in [0.15, 0.2) is 94.7 Å². The second-order valence-corrected chi connectivity index (χ2v) is 9.89. The molecule has 0 aromatic heterocycles. The summed E-state index contributed by atoms with van der Waals surface area (Å²) >= 11 is 5.50. The number of nitrogens with one attached hydrogen (secondary N) is 1. The van der Waals surface area contributed by atoms with Gasteiger partial charge >= 0.3 is 0 Å². The molecule has 0 aliphatic heterocycles. The second kappa shape index (κ2) is 15.6. The molecule has 2 atom stereocenters. The molecule has 1 N–H and O–H groups in total. The number of rotatable bonds is 12. The van der Waals surface area contributed by atoms with E-state index in [4.69, 9.17) is 12.2 Å². The Balaban J connectivity index is 3.76. The molecule has 34 heavy (non-hydrogen) atoms. The molecule has 3 heteroatoms. The van der Waals surface area contributed by atoms with Crippen molar-refractivity contribution in [3.05, 3.63) is 100 Å². The van der Waals surface area contributed by atoms with Gasteiger partial charge in [0.25, 0.3) is 0 Å². The highest BCUT2D eigenvalue weighted by molar-refractivity contribution is 7.83. The number of allylic oxidation sites excluding steroid dienone is 12. The molecule has 1 nitrogen and oxygen atoms in total. The molecular formula is C31H44BNS. The Labute approximate surface area is 215 Å². The Hall–Kier alpha value is -2.23. The zero-order chi connectivity index (χ0) is 25.7. The molecule has 0 saturated heterocycles. The Kier molecular flexibility index (Phi) is 13.7. The fraction of sp³-hybridized carbons (Fsp3) is 0.387. The van der Waals surface area contributed by atoms with Crippen molar-refractivity contribution in [1.82, 2.24) is 5.32 Å². The molecule has 0 aliphatic carbocycles. The summed E-state index contributed by atoms with van der Waals surface area (Å²) in [5.74, 6) is 0.692. The van der Waals surface area contributed by atoms with E-state index in [2.05, 4.69) is 121 Å². The molecule has 0 amide bonds. The maximum atomic E-state index is 5.50. The van der Waals surface area contributed by atoms with Crippen LogP contribution in [0, 0.1) is 11.8 Å². The molecule has 1 aromatic rings. The average molecular weight is 474 g/mol. The first-order valence-electron chi connectivity index (χ1n) is 12.5. The number of hydrogen-bond donors (Lipinski definition) is 1. The third kappa shape index (κ3) is 9.20. The van der Waals surface area contributed by atoms with Crippen molar-refractivity contribution in [2.75, 3.05) is 13.6 Å². The summed E-state index contributed by atoms with van der Waals surface area (Å²) in [6, 6.07) is 10.6. The minimum absolute atomic E-state index is 0.268. The van der Waals surface area contributed by atoms with Crippen molar-refractivity contribution < 1.29 is 0 Å². The van der Waals surface area contributed by atoms with Crippen molar-refractivity contribution in [2.45, 2.75) is 54.9 Å². The maximum absolute atomic E-state index is 5.50. The summed E-state index contributed by atoms with van der Waals surface area (Å²) in [6.07, 6.45) is 14.4. The van der Waals surface area contributed by atoms with E-state index in [-0.39, 0.29) is 5.92 Å². The van der Waals surface area contributed by atoms with Gasteiger partial charge in [0.2, 0.25) is 0 Å². The summed E-state index contributed by atoms with van der Waals surface area (Å²) in [5, 5.41) is 3.41. The Morgan fingerprint density at radius 1 is 1.12 bits per heavy atom. The summed E-state index contributed by atoms with van der Waals surface area (Å²) in [6.45, 7) is 16.4. The molecule has 182 valence electrons. The van der Waals surface area contributed by atoms with E-state index in [1.54, 1.807) is 0 Å². The van der Waals surface area contributed by atoms with Gasteiger partial charge in [-0.15, -0.1) is 0 Å². The van der Waals surface area contributed by atoms with Crippen LogP contribution in [0.3, 0.4) is 0 Å². The molecule has 0 saturated carbocycles. The normalized spacial score (nSPS) is 15.4. The van der Waals surface area contributed by atoms with E-state index in [0.29, 0.717) is 5.92 Å². The van der Waals surface area contributed by atoms with E-state index >= 15 is 0 Å². The van der Waals surface area contributed by atoms with Gasteiger partial charge in [0.1, 0.15) is 0 Å². The van der Waals surface area contributed by atoms with Crippen LogP contribution >= 0.6 is 12.2 Å². The highest BCUT2D eigenvalue weighted by Gasteiger charge is 2.23. The van der Waals surface area contributed by atoms with Crippen molar-refractivity contribution >= 4 is 30.4 Å². The highest BCUT2D eigenvalue weighted by atomic mass is 32.1. The van der Waals surface area contributed by atoms with Crippen molar-refractivity contribution in [1.29, 1.82) is 0 Å². The fourth-order valence-corrected chi connectivity index (χ4v) is 4.06. The third-order valence-corrected chi connectivity index (χ3v) is 6.59. The minimum atomic E-state index is 0.268. The van der Waals surface area contributed by atoms with Crippen LogP contribution in [0.1, 0.15) is 60.5 Å². The number of benzene rings is 1. The van der Waals surface area contributed by atoms with Crippen LogP contribution in [0.5, 0.6) is 0 Å². The lowest BCUT2D eigenvalue weighted by atomic mass is 9.77. The molecule has 0 spiro atoms. The smallest absolute Gasteiger partial charge is 0.154 e. The van der Waals surface area contributed by atoms with Gasteiger partial charge in [-0.25, -0.2) is 0 Å². The topological polar surface area (TPSA) is 12.0 Å². The first-order valence-corrected chi connectivity index (χ1v) is 12.9. The summed E-state index contributed by atoms with van der Waals surface area (Å²) < 4.78 is 0.947. The summed E-state index contributed by atoms with van der Waals surface area (Å²) in [4.78, 5) is 0. The molecule has 2 unspecified atom stereocenters. The Morgan fingerprint density at radius 2 is 1.76 bits per heavy atom. The van der Waals surface area contributed by atoms with Gasteiger partial charge in [-0.1, -0.05) is 104 Å². The highest BCUT2D eigenvalue weighted by Crippen LogP contribution is 2.35. The van der Waals surface area contributed by atoms with Crippen molar-refractivity contribution in [2.24, 2.45) is 11.8 Å². The Morgan fingerprint density at radius 3 is 2.26 bits per heavy atom. The first-order chi connectivity index (χ1) is 16.2. The van der Waals surface area contributed by atoms with Gasteiger partial charge < -0.3 is 5.32 Å². The van der Waals surface area contributed by atoms with Crippen LogP contribution in [-0.2, 0) is 0 Å².